The number of anilines is 2. The van der Waals surface area contributed by atoms with Gasteiger partial charge in [-0.25, -0.2) is 19.9 Å². The van der Waals surface area contributed by atoms with E-state index in [0.717, 1.165) is 25.0 Å². The number of pyridine rings is 1. The molecule has 1 fully saturated rings. The Labute approximate surface area is 143 Å². The van der Waals surface area contributed by atoms with Crippen molar-refractivity contribution in [3.63, 3.8) is 0 Å². The summed E-state index contributed by atoms with van der Waals surface area (Å²) < 4.78 is 28.4. The lowest BCUT2D eigenvalue weighted by molar-refractivity contribution is -0.590. The molecule has 1 saturated carbocycles. The van der Waals surface area contributed by atoms with Gasteiger partial charge in [0.05, 0.1) is 18.4 Å². The van der Waals surface area contributed by atoms with Crippen molar-refractivity contribution >= 4 is 17.4 Å². The molecule has 0 spiro atoms. The molecule has 132 valence electrons. The van der Waals surface area contributed by atoms with Gasteiger partial charge in [0.15, 0.2) is 11.5 Å². The molecule has 0 unspecified atom stereocenters. The van der Waals surface area contributed by atoms with E-state index in [-0.39, 0.29) is 11.4 Å². The molecule has 0 bridgehead atoms. The third-order valence-corrected chi connectivity index (χ3v) is 3.93. The fourth-order valence-corrected chi connectivity index (χ4v) is 2.29. The van der Waals surface area contributed by atoms with Crippen LogP contribution in [0.4, 0.5) is 20.3 Å². The van der Waals surface area contributed by atoms with Gasteiger partial charge in [-0.05, 0) is 49.9 Å². The molecule has 2 N–H and O–H groups in total. The molecule has 1 aliphatic carbocycles. The van der Waals surface area contributed by atoms with Crippen molar-refractivity contribution in [3.8, 4) is 0 Å². The number of benzene rings is 1. The van der Waals surface area contributed by atoms with E-state index in [1.807, 2.05) is 0 Å². The average molecular weight is 349 g/mol. The van der Waals surface area contributed by atoms with E-state index in [9.17, 15) is 18.8 Å². The molecule has 1 aliphatic rings. The van der Waals surface area contributed by atoms with Crippen LogP contribution in [0.3, 0.4) is 0 Å². The maximum absolute atomic E-state index is 14.3. The van der Waals surface area contributed by atoms with E-state index in [1.165, 1.54) is 12.3 Å². The first-order valence-corrected chi connectivity index (χ1v) is 7.83. The maximum atomic E-state index is 14.3. The normalized spacial score (nSPS) is 13.6. The second-order valence-corrected chi connectivity index (χ2v) is 5.96. The van der Waals surface area contributed by atoms with Crippen LogP contribution in [0.1, 0.15) is 28.8 Å². The van der Waals surface area contributed by atoms with Gasteiger partial charge in [-0.1, -0.05) is 0 Å². The zero-order valence-corrected chi connectivity index (χ0v) is 13.5. The minimum Gasteiger partial charge on any atom is -0.711 e. The van der Waals surface area contributed by atoms with E-state index in [4.69, 9.17) is 4.84 Å². The first-order chi connectivity index (χ1) is 12.0. The van der Waals surface area contributed by atoms with E-state index < -0.39 is 23.2 Å². The number of carbonyl (C=O) groups is 1. The van der Waals surface area contributed by atoms with Crippen molar-refractivity contribution in [1.29, 1.82) is 0 Å². The third-order valence-electron chi connectivity index (χ3n) is 3.93. The molecule has 2 aromatic rings. The van der Waals surface area contributed by atoms with Crippen LogP contribution in [0, 0.1) is 29.7 Å². The van der Waals surface area contributed by atoms with Gasteiger partial charge in [0.1, 0.15) is 0 Å². The summed E-state index contributed by atoms with van der Waals surface area (Å²) in [6, 6.07) is 5.13. The average Bonchev–Trinajstić information content (AvgIpc) is 3.39. The van der Waals surface area contributed by atoms with Gasteiger partial charge in [-0.15, -0.1) is 0 Å². The Kier molecular flexibility index (Phi) is 4.80. The summed E-state index contributed by atoms with van der Waals surface area (Å²) in [7, 11) is 0. The van der Waals surface area contributed by atoms with Gasteiger partial charge in [-0.2, -0.15) is 4.39 Å². The fraction of sp³-hybridized carbons (Fsp3) is 0.294. The summed E-state index contributed by atoms with van der Waals surface area (Å²) in [5.74, 6) is -2.69. The van der Waals surface area contributed by atoms with Crippen LogP contribution >= 0.6 is 0 Å². The van der Waals surface area contributed by atoms with Crippen LogP contribution in [0.5, 0.6) is 0 Å². The molecule has 1 amide bonds. The summed E-state index contributed by atoms with van der Waals surface area (Å²) in [4.78, 5) is 17.3. The third kappa shape index (κ3) is 3.85. The molecular weight excluding hydrogens is 332 g/mol. The first kappa shape index (κ1) is 17.1. The van der Waals surface area contributed by atoms with Crippen LogP contribution in [0.25, 0.3) is 0 Å². The van der Waals surface area contributed by atoms with Crippen LogP contribution in [-0.4, -0.2) is 12.5 Å². The Balaban J connectivity index is 1.88. The number of aromatic nitrogens is 1. The minimum absolute atomic E-state index is 0.0000474. The SMILES string of the molecule is Cc1ccc[n+]([O-])c1Nc1c(C(=O)NOCC2CC2)ccc(F)c1F. The number of aryl methyl sites for hydroxylation is 1. The highest BCUT2D eigenvalue weighted by atomic mass is 19.2. The monoisotopic (exact) mass is 349 g/mol. The van der Waals surface area contributed by atoms with Crippen molar-refractivity contribution < 1.29 is 23.1 Å². The molecule has 3 rings (SSSR count). The predicted octanol–water partition coefficient (Wildman–Crippen LogP) is 2.72. The van der Waals surface area contributed by atoms with Gasteiger partial charge in [0.25, 0.3) is 11.7 Å². The number of hydrogen-bond donors (Lipinski definition) is 2. The number of amides is 1. The molecule has 1 aromatic heterocycles. The van der Waals surface area contributed by atoms with Gasteiger partial charge in [-0.3, -0.25) is 9.63 Å². The molecule has 0 aliphatic heterocycles. The zero-order valence-electron chi connectivity index (χ0n) is 13.5. The number of nitrogens with zero attached hydrogens (tertiary/aromatic N) is 1. The van der Waals surface area contributed by atoms with Crippen molar-refractivity contribution in [2.24, 2.45) is 5.92 Å². The highest BCUT2D eigenvalue weighted by Crippen LogP contribution is 2.29. The number of halogens is 2. The molecule has 8 heteroatoms. The number of nitrogens with one attached hydrogen (secondary N) is 2. The summed E-state index contributed by atoms with van der Waals surface area (Å²) in [6.07, 6.45) is 3.31. The summed E-state index contributed by atoms with van der Waals surface area (Å²) >= 11 is 0. The Morgan fingerprint density at radius 3 is 2.80 bits per heavy atom. The van der Waals surface area contributed by atoms with Crippen LogP contribution in [-0.2, 0) is 4.84 Å². The van der Waals surface area contributed by atoms with Gasteiger partial charge in [0, 0.05) is 5.56 Å². The number of hydrogen-bond acceptors (Lipinski definition) is 4. The quantitative estimate of drug-likeness (QED) is 0.478. The maximum Gasteiger partial charge on any atom is 0.285 e. The first-order valence-electron chi connectivity index (χ1n) is 7.83. The molecule has 0 atom stereocenters. The lowest BCUT2D eigenvalue weighted by atomic mass is 10.1. The Bertz CT molecular complexity index is 790. The Hall–Kier alpha value is -2.74. The molecule has 0 radical (unpaired) electrons. The molecule has 25 heavy (non-hydrogen) atoms. The molecular formula is C17H17F2N3O3. The number of rotatable bonds is 6. The van der Waals surface area contributed by atoms with E-state index in [1.54, 1.807) is 13.0 Å². The van der Waals surface area contributed by atoms with Crippen molar-refractivity contribution in [3.05, 3.63) is 58.4 Å². The lowest BCUT2D eigenvalue weighted by Gasteiger charge is -2.13. The summed E-state index contributed by atoms with van der Waals surface area (Å²) in [6.45, 7) is 2.00. The van der Waals surface area contributed by atoms with Crippen molar-refractivity contribution in [1.82, 2.24) is 5.48 Å². The molecule has 6 nitrogen and oxygen atoms in total. The smallest absolute Gasteiger partial charge is 0.285 e. The van der Waals surface area contributed by atoms with Gasteiger partial charge in [0.2, 0.25) is 5.82 Å². The van der Waals surface area contributed by atoms with Crippen molar-refractivity contribution in [2.75, 3.05) is 11.9 Å². The van der Waals surface area contributed by atoms with Gasteiger partial charge >= 0.3 is 0 Å². The van der Waals surface area contributed by atoms with Crippen molar-refractivity contribution in [2.45, 2.75) is 19.8 Å². The largest absolute Gasteiger partial charge is 0.711 e. The Morgan fingerprint density at radius 2 is 2.12 bits per heavy atom. The van der Waals surface area contributed by atoms with E-state index in [2.05, 4.69) is 10.8 Å². The number of carbonyl (C=O) groups excluding carboxylic acids is 1. The summed E-state index contributed by atoms with van der Waals surface area (Å²) in [5, 5.41) is 14.4. The lowest BCUT2D eigenvalue weighted by Crippen LogP contribution is -2.31. The molecule has 1 aromatic carbocycles. The second kappa shape index (κ2) is 7.02. The van der Waals surface area contributed by atoms with E-state index >= 15 is 0 Å². The highest BCUT2D eigenvalue weighted by molar-refractivity contribution is 5.99. The second-order valence-electron chi connectivity index (χ2n) is 5.96. The summed E-state index contributed by atoms with van der Waals surface area (Å²) in [5.41, 5.74) is 2.14. The van der Waals surface area contributed by atoms with Crippen LogP contribution in [0.15, 0.2) is 30.5 Å². The highest BCUT2D eigenvalue weighted by Gasteiger charge is 2.26. The molecule has 1 heterocycles. The molecule has 0 saturated heterocycles. The standard InChI is InChI=1S/C17H17F2N3O3/c1-10-3-2-8-22(24)16(10)20-15-12(6-7-13(18)14(15)19)17(23)21-25-9-11-4-5-11/h2-3,6-8,11,20H,4-5,9H2,1H3,(H,21,23). The van der Waals surface area contributed by atoms with Crippen LogP contribution in [0.2, 0.25) is 0 Å². The van der Waals surface area contributed by atoms with Crippen LogP contribution < -0.4 is 15.5 Å². The van der Waals surface area contributed by atoms with Gasteiger partial charge < -0.3 is 5.21 Å². The zero-order chi connectivity index (χ0) is 18.0. The number of hydroxylamine groups is 1. The predicted molar refractivity (Wildman–Crippen MR) is 85.9 cm³/mol. The minimum atomic E-state index is -1.25. The topological polar surface area (TPSA) is 77.3 Å². The fourth-order valence-electron chi connectivity index (χ4n) is 2.29. The Morgan fingerprint density at radius 1 is 1.36 bits per heavy atom. The van der Waals surface area contributed by atoms with E-state index in [0.29, 0.717) is 22.8 Å².